The van der Waals surface area contributed by atoms with Gasteiger partial charge in [0.2, 0.25) is 5.75 Å². The molecular formula is C17H16N4O4S. The minimum atomic E-state index is -0.448. The Hall–Kier alpha value is -3.14. The van der Waals surface area contributed by atoms with Gasteiger partial charge in [-0.05, 0) is 17.7 Å². The van der Waals surface area contributed by atoms with Crippen LogP contribution in [0, 0.1) is 22.7 Å². The summed E-state index contributed by atoms with van der Waals surface area (Å²) in [4.78, 5) is 4.15. The smallest absolute Gasteiger partial charge is 0.200 e. The average molecular weight is 372 g/mol. The van der Waals surface area contributed by atoms with Crippen LogP contribution in [0.3, 0.4) is 0 Å². The summed E-state index contributed by atoms with van der Waals surface area (Å²) < 4.78 is 10.0. The molecule has 2 rings (SSSR count). The highest BCUT2D eigenvalue weighted by atomic mass is 32.2. The molecule has 1 aromatic heterocycles. The number of nitrogen functional groups attached to an aromatic ring is 1. The van der Waals surface area contributed by atoms with Crippen LogP contribution in [0.25, 0.3) is 11.1 Å². The first-order valence-corrected chi connectivity index (χ1v) is 8.32. The van der Waals surface area contributed by atoms with Gasteiger partial charge in [0.1, 0.15) is 28.5 Å². The van der Waals surface area contributed by atoms with Crippen LogP contribution in [0.1, 0.15) is 11.1 Å². The SMILES string of the molecule is COCCSc1nc(N)c(C#N)c(-c2cc(O)c(O)c(OC)c2)c1C#N. The summed E-state index contributed by atoms with van der Waals surface area (Å²) in [6.07, 6.45) is 0. The Labute approximate surface area is 154 Å². The second-order valence-corrected chi connectivity index (χ2v) is 6.12. The number of nitrogens with two attached hydrogens (primary N) is 1. The number of hydrogen-bond acceptors (Lipinski definition) is 9. The van der Waals surface area contributed by atoms with Gasteiger partial charge in [-0.25, -0.2) is 4.98 Å². The maximum atomic E-state index is 9.95. The van der Waals surface area contributed by atoms with Crippen molar-refractivity contribution in [2.75, 3.05) is 32.3 Å². The van der Waals surface area contributed by atoms with E-state index in [1.807, 2.05) is 12.1 Å². The second-order valence-electron chi connectivity index (χ2n) is 5.04. The van der Waals surface area contributed by atoms with E-state index in [2.05, 4.69) is 4.98 Å². The number of nitrogens with zero attached hydrogens (tertiary/aromatic N) is 3. The number of anilines is 1. The molecule has 1 heterocycles. The molecule has 1 aromatic carbocycles. The Morgan fingerprint density at radius 3 is 2.46 bits per heavy atom. The van der Waals surface area contributed by atoms with Crippen molar-refractivity contribution in [2.24, 2.45) is 0 Å². The first kappa shape index (κ1) is 19.2. The number of thioether (sulfide) groups is 1. The van der Waals surface area contributed by atoms with Crippen molar-refractivity contribution in [3.63, 3.8) is 0 Å². The first-order valence-electron chi connectivity index (χ1n) is 7.34. The minimum Gasteiger partial charge on any atom is -0.504 e. The molecule has 0 amide bonds. The third-order valence-electron chi connectivity index (χ3n) is 3.51. The third kappa shape index (κ3) is 3.59. The first-order chi connectivity index (χ1) is 12.5. The van der Waals surface area contributed by atoms with E-state index >= 15 is 0 Å². The molecule has 0 unspecified atom stereocenters. The average Bonchev–Trinajstić information content (AvgIpc) is 2.63. The van der Waals surface area contributed by atoms with E-state index in [0.717, 1.165) is 0 Å². The van der Waals surface area contributed by atoms with E-state index in [9.17, 15) is 20.7 Å². The van der Waals surface area contributed by atoms with Gasteiger partial charge in [0.25, 0.3) is 0 Å². The number of methoxy groups -OCH3 is 2. The third-order valence-corrected chi connectivity index (χ3v) is 4.44. The number of phenols is 2. The number of nitriles is 2. The zero-order chi connectivity index (χ0) is 19.3. The standard InChI is InChI=1S/C17H16N4O4S/c1-24-3-4-26-17-11(8-19)14(10(7-18)16(20)21-17)9-5-12(22)15(23)13(6-9)25-2/h5-6,22-23H,3-4H2,1-2H3,(H2,20,21). The zero-order valence-electron chi connectivity index (χ0n) is 14.1. The minimum absolute atomic E-state index is 0.00301. The molecule has 0 aliphatic heterocycles. The summed E-state index contributed by atoms with van der Waals surface area (Å²) in [5.41, 5.74) is 6.57. The monoisotopic (exact) mass is 372 g/mol. The molecule has 2 aromatic rings. The fourth-order valence-electron chi connectivity index (χ4n) is 2.31. The van der Waals surface area contributed by atoms with Crippen LogP contribution >= 0.6 is 11.8 Å². The molecule has 0 bridgehead atoms. The van der Waals surface area contributed by atoms with Crippen LogP contribution in [-0.2, 0) is 4.74 Å². The van der Waals surface area contributed by atoms with Gasteiger partial charge in [-0.1, -0.05) is 0 Å². The van der Waals surface area contributed by atoms with E-state index in [0.29, 0.717) is 22.9 Å². The Morgan fingerprint density at radius 1 is 1.19 bits per heavy atom. The lowest BCUT2D eigenvalue weighted by atomic mass is 9.96. The lowest BCUT2D eigenvalue weighted by Gasteiger charge is -2.14. The zero-order valence-corrected chi connectivity index (χ0v) is 14.9. The molecule has 0 fully saturated rings. The van der Waals surface area contributed by atoms with E-state index in [1.165, 1.54) is 31.0 Å². The van der Waals surface area contributed by atoms with Gasteiger partial charge < -0.3 is 25.4 Å². The number of hydrogen-bond donors (Lipinski definition) is 3. The number of aromatic hydroxyl groups is 2. The van der Waals surface area contributed by atoms with Gasteiger partial charge in [0.15, 0.2) is 11.5 Å². The van der Waals surface area contributed by atoms with E-state index in [4.69, 9.17) is 15.2 Å². The van der Waals surface area contributed by atoms with Crippen molar-refractivity contribution < 1.29 is 19.7 Å². The molecule has 26 heavy (non-hydrogen) atoms. The molecule has 134 valence electrons. The number of aromatic nitrogens is 1. The van der Waals surface area contributed by atoms with Crippen LogP contribution in [0.4, 0.5) is 5.82 Å². The van der Waals surface area contributed by atoms with Gasteiger partial charge >= 0.3 is 0 Å². The normalized spacial score (nSPS) is 10.2. The Morgan fingerprint density at radius 2 is 1.88 bits per heavy atom. The van der Waals surface area contributed by atoms with Crippen LogP contribution < -0.4 is 10.5 Å². The maximum absolute atomic E-state index is 9.95. The predicted molar refractivity (Wildman–Crippen MR) is 96.0 cm³/mol. The lowest BCUT2D eigenvalue weighted by molar-refractivity contribution is 0.218. The fourth-order valence-corrected chi connectivity index (χ4v) is 3.20. The molecule has 9 heteroatoms. The van der Waals surface area contributed by atoms with Crippen molar-refractivity contribution >= 4 is 17.6 Å². The summed E-state index contributed by atoms with van der Waals surface area (Å²) in [6.45, 7) is 0.445. The maximum Gasteiger partial charge on any atom is 0.200 e. The molecular weight excluding hydrogens is 356 g/mol. The Bertz CT molecular complexity index is 919. The molecule has 8 nitrogen and oxygen atoms in total. The summed E-state index contributed by atoms with van der Waals surface area (Å²) in [7, 11) is 2.88. The molecule has 0 radical (unpaired) electrons. The summed E-state index contributed by atoms with van der Waals surface area (Å²) >= 11 is 1.26. The highest BCUT2D eigenvalue weighted by molar-refractivity contribution is 7.99. The van der Waals surface area contributed by atoms with Gasteiger partial charge in [-0.2, -0.15) is 10.5 Å². The number of phenolic OH excluding ortho intramolecular Hbond substituents is 2. The van der Waals surface area contributed by atoms with E-state index in [1.54, 1.807) is 7.11 Å². The molecule has 4 N–H and O–H groups in total. The lowest BCUT2D eigenvalue weighted by Crippen LogP contribution is -2.04. The summed E-state index contributed by atoms with van der Waals surface area (Å²) in [5, 5.41) is 39.2. The number of ether oxygens (including phenoxy) is 2. The van der Waals surface area contributed by atoms with Crippen molar-refractivity contribution in [3.8, 4) is 40.5 Å². The molecule has 0 saturated heterocycles. The summed E-state index contributed by atoms with van der Waals surface area (Å²) in [5.74, 6) is -0.390. The number of pyridine rings is 1. The predicted octanol–water partition coefficient (Wildman–Crippen LogP) is 2.23. The van der Waals surface area contributed by atoms with Crippen molar-refractivity contribution in [1.82, 2.24) is 4.98 Å². The second kappa shape index (κ2) is 8.30. The summed E-state index contributed by atoms with van der Waals surface area (Å²) in [6, 6.07) is 6.64. The number of rotatable bonds is 6. The van der Waals surface area contributed by atoms with Gasteiger partial charge in [0, 0.05) is 18.4 Å². The van der Waals surface area contributed by atoms with Crippen LogP contribution in [0.5, 0.6) is 17.2 Å². The largest absolute Gasteiger partial charge is 0.504 e. The van der Waals surface area contributed by atoms with E-state index in [-0.39, 0.29) is 28.3 Å². The molecule has 0 aliphatic carbocycles. The molecule has 0 aliphatic rings. The van der Waals surface area contributed by atoms with Gasteiger partial charge in [0.05, 0.1) is 19.3 Å². The Balaban J connectivity index is 2.76. The fraction of sp³-hybridized carbons (Fsp3) is 0.235. The quantitative estimate of drug-likeness (QED) is 0.394. The van der Waals surface area contributed by atoms with E-state index < -0.39 is 11.5 Å². The Kier molecular flexibility index (Phi) is 6.12. The highest BCUT2D eigenvalue weighted by Gasteiger charge is 2.22. The van der Waals surface area contributed by atoms with Crippen LogP contribution in [0.15, 0.2) is 17.2 Å². The van der Waals surface area contributed by atoms with Gasteiger partial charge in [-0.15, -0.1) is 11.8 Å². The topological polar surface area (TPSA) is 145 Å². The van der Waals surface area contributed by atoms with Crippen LogP contribution in [0.2, 0.25) is 0 Å². The van der Waals surface area contributed by atoms with Gasteiger partial charge in [-0.3, -0.25) is 0 Å². The van der Waals surface area contributed by atoms with Crippen molar-refractivity contribution in [3.05, 3.63) is 23.3 Å². The molecule has 0 saturated carbocycles. The van der Waals surface area contributed by atoms with Crippen LogP contribution in [-0.4, -0.2) is 41.8 Å². The highest BCUT2D eigenvalue weighted by Crippen LogP contribution is 2.43. The molecule has 0 spiro atoms. The van der Waals surface area contributed by atoms with Crippen molar-refractivity contribution in [1.29, 1.82) is 10.5 Å². The van der Waals surface area contributed by atoms with Crippen molar-refractivity contribution in [2.45, 2.75) is 5.03 Å². The molecule has 0 atom stereocenters. The number of benzene rings is 1.